The first-order valence-electron chi connectivity index (χ1n) is 4.28. The van der Waals surface area contributed by atoms with Crippen LogP contribution in [0.3, 0.4) is 0 Å². The summed E-state index contributed by atoms with van der Waals surface area (Å²) in [6, 6.07) is 6.25. The molecule has 2 aromatic heterocycles. The molecular formula is C10H10N2O4. The van der Waals surface area contributed by atoms with Gasteiger partial charge in [0, 0.05) is 0 Å². The van der Waals surface area contributed by atoms with Crippen LogP contribution in [-0.4, -0.2) is 11.8 Å². The molecule has 0 bridgehead atoms. The molecular weight excluding hydrogens is 212 g/mol. The molecule has 6 nitrogen and oxygen atoms in total. The fourth-order valence-electron chi connectivity index (χ4n) is 0.838. The van der Waals surface area contributed by atoms with E-state index in [-0.39, 0.29) is 11.5 Å². The van der Waals surface area contributed by atoms with Gasteiger partial charge in [-0.05, 0) is 24.3 Å². The summed E-state index contributed by atoms with van der Waals surface area (Å²) in [5.41, 5.74) is 9.65. The van der Waals surface area contributed by atoms with Crippen molar-refractivity contribution in [2.45, 2.75) is 0 Å². The average molecular weight is 222 g/mol. The van der Waals surface area contributed by atoms with Gasteiger partial charge in [0.1, 0.15) is 0 Å². The summed E-state index contributed by atoms with van der Waals surface area (Å²) in [5, 5.41) is 0. The van der Waals surface area contributed by atoms with Gasteiger partial charge in [-0.3, -0.25) is 9.59 Å². The van der Waals surface area contributed by atoms with Crippen LogP contribution in [-0.2, 0) is 0 Å². The number of amides is 2. The lowest BCUT2D eigenvalue weighted by atomic mass is 10.4. The molecule has 0 fully saturated rings. The lowest BCUT2D eigenvalue weighted by molar-refractivity contribution is 0.0966. The van der Waals surface area contributed by atoms with E-state index in [1.165, 1.54) is 24.7 Å². The molecule has 0 aromatic carbocycles. The third-order valence-electron chi connectivity index (χ3n) is 1.53. The SMILES string of the molecule is NC(=O)c1ccco1.NC(=O)c1ccco1. The van der Waals surface area contributed by atoms with E-state index in [1.54, 1.807) is 12.1 Å². The summed E-state index contributed by atoms with van der Waals surface area (Å²) in [6.07, 6.45) is 2.81. The second-order valence-electron chi connectivity index (χ2n) is 2.68. The Hall–Kier alpha value is -2.50. The Balaban J connectivity index is 0.000000160. The van der Waals surface area contributed by atoms with E-state index >= 15 is 0 Å². The van der Waals surface area contributed by atoms with Crippen molar-refractivity contribution in [1.82, 2.24) is 0 Å². The number of nitrogens with two attached hydrogens (primary N) is 2. The summed E-state index contributed by atoms with van der Waals surface area (Å²) in [7, 11) is 0. The lowest BCUT2D eigenvalue weighted by Crippen LogP contribution is -2.08. The Morgan fingerprint density at radius 1 is 0.875 bits per heavy atom. The van der Waals surface area contributed by atoms with Crippen molar-refractivity contribution in [3.05, 3.63) is 48.3 Å². The Bertz CT molecular complexity index is 401. The topological polar surface area (TPSA) is 112 Å². The van der Waals surface area contributed by atoms with Crippen LogP contribution in [0.2, 0.25) is 0 Å². The highest BCUT2D eigenvalue weighted by Gasteiger charge is 1.99. The zero-order valence-corrected chi connectivity index (χ0v) is 8.25. The van der Waals surface area contributed by atoms with Crippen LogP contribution in [0.5, 0.6) is 0 Å². The van der Waals surface area contributed by atoms with E-state index in [0.29, 0.717) is 0 Å². The van der Waals surface area contributed by atoms with Gasteiger partial charge < -0.3 is 20.3 Å². The first kappa shape index (κ1) is 11.6. The number of primary amides is 2. The van der Waals surface area contributed by atoms with Crippen molar-refractivity contribution in [2.75, 3.05) is 0 Å². The smallest absolute Gasteiger partial charge is 0.284 e. The Morgan fingerprint density at radius 2 is 1.25 bits per heavy atom. The van der Waals surface area contributed by atoms with E-state index in [2.05, 4.69) is 8.83 Å². The van der Waals surface area contributed by atoms with Crippen LogP contribution in [0.4, 0.5) is 0 Å². The number of rotatable bonds is 2. The number of carbonyl (C=O) groups is 2. The molecule has 6 heteroatoms. The molecule has 0 aliphatic heterocycles. The van der Waals surface area contributed by atoms with Crippen LogP contribution in [0, 0.1) is 0 Å². The molecule has 16 heavy (non-hydrogen) atoms. The van der Waals surface area contributed by atoms with Gasteiger partial charge in [-0.1, -0.05) is 0 Å². The monoisotopic (exact) mass is 222 g/mol. The van der Waals surface area contributed by atoms with Gasteiger partial charge in [0.05, 0.1) is 12.5 Å². The van der Waals surface area contributed by atoms with E-state index in [4.69, 9.17) is 11.5 Å². The molecule has 2 heterocycles. The van der Waals surface area contributed by atoms with Gasteiger partial charge in [-0.15, -0.1) is 0 Å². The fraction of sp³-hybridized carbons (Fsp3) is 0. The van der Waals surface area contributed by atoms with Crippen molar-refractivity contribution in [1.29, 1.82) is 0 Å². The molecule has 0 aliphatic rings. The predicted octanol–water partition coefficient (Wildman–Crippen LogP) is 0.757. The highest BCUT2D eigenvalue weighted by molar-refractivity contribution is 5.90. The molecule has 0 spiro atoms. The number of furan rings is 2. The third-order valence-corrected chi connectivity index (χ3v) is 1.53. The third kappa shape index (κ3) is 3.33. The summed E-state index contributed by atoms with van der Waals surface area (Å²) in [5.74, 6) is -0.667. The highest BCUT2D eigenvalue weighted by atomic mass is 16.3. The fourth-order valence-corrected chi connectivity index (χ4v) is 0.838. The van der Waals surface area contributed by atoms with Gasteiger partial charge in [0.2, 0.25) is 0 Å². The van der Waals surface area contributed by atoms with Crippen molar-refractivity contribution >= 4 is 11.8 Å². The van der Waals surface area contributed by atoms with E-state index in [0.717, 1.165) is 0 Å². The molecule has 2 rings (SSSR count). The minimum atomic E-state index is -0.532. The van der Waals surface area contributed by atoms with Crippen molar-refractivity contribution in [3.63, 3.8) is 0 Å². The number of hydrogen-bond acceptors (Lipinski definition) is 4. The second-order valence-corrected chi connectivity index (χ2v) is 2.68. The average Bonchev–Trinajstić information content (AvgIpc) is 2.93. The molecule has 0 aliphatic carbocycles. The molecule has 0 saturated carbocycles. The van der Waals surface area contributed by atoms with Gasteiger partial charge >= 0.3 is 0 Å². The minimum absolute atomic E-state index is 0.199. The molecule has 2 amide bonds. The molecule has 0 unspecified atom stereocenters. The molecule has 84 valence electrons. The summed E-state index contributed by atoms with van der Waals surface area (Å²) in [4.78, 5) is 20.4. The maximum absolute atomic E-state index is 10.2. The Kier molecular flexibility index (Phi) is 3.90. The van der Waals surface area contributed by atoms with E-state index < -0.39 is 11.8 Å². The largest absolute Gasteiger partial charge is 0.459 e. The van der Waals surface area contributed by atoms with Gasteiger partial charge in [0.25, 0.3) is 11.8 Å². The maximum Gasteiger partial charge on any atom is 0.284 e. The van der Waals surface area contributed by atoms with Crippen LogP contribution in [0.1, 0.15) is 21.1 Å². The van der Waals surface area contributed by atoms with Gasteiger partial charge in [0.15, 0.2) is 11.5 Å². The van der Waals surface area contributed by atoms with Crippen molar-refractivity contribution in [3.8, 4) is 0 Å². The van der Waals surface area contributed by atoms with Crippen LogP contribution < -0.4 is 11.5 Å². The normalized spacial score (nSPS) is 9.00. The van der Waals surface area contributed by atoms with E-state index in [9.17, 15) is 9.59 Å². The van der Waals surface area contributed by atoms with E-state index in [1.807, 2.05) is 0 Å². The summed E-state index contributed by atoms with van der Waals surface area (Å²) in [6.45, 7) is 0. The minimum Gasteiger partial charge on any atom is -0.459 e. The summed E-state index contributed by atoms with van der Waals surface area (Å²) < 4.78 is 9.24. The zero-order valence-electron chi connectivity index (χ0n) is 8.25. The van der Waals surface area contributed by atoms with Gasteiger partial charge in [-0.2, -0.15) is 0 Å². The standard InChI is InChI=1S/2C5H5NO2/c2*6-5(7)4-2-1-3-8-4/h2*1-3H,(H2,6,7). The first-order chi connectivity index (χ1) is 7.61. The van der Waals surface area contributed by atoms with Crippen LogP contribution >= 0.6 is 0 Å². The first-order valence-corrected chi connectivity index (χ1v) is 4.28. The molecule has 2 aromatic rings. The molecule has 4 N–H and O–H groups in total. The Morgan fingerprint density at radius 3 is 1.38 bits per heavy atom. The van der Waals surface area contributed by atoms with Crippen molar-refractivity contribution < 1.29 is 18.4 Å². The zero-order chi connectivity index (χ0) is 12.0. The van der Waals surface area contributed by atoms with Crippen molar-refractivity contribution in [2.24, 2.45) is 11.5 Å². The predicted molar refractivity (Wildman–Crippen MR) is 54.5 cm³/mol. The van der Waals surface area contributed by atoms with Gasteiger partial charge in [-0.25, -0.2) is 0 Å². The van der Waals surface area contributed by atoms with Crippen LogP contribution in [0.25, 0.3) is 0 Å². The highest BCUT2D eigenvalue weighted by Crippen LogP contribution is 1.96. The number of carbonyl (C=O) groups excluding carboxylic acids is 2. The second kappa shape index (κ2) is 5.40. The lowest BCUT2D eigenvalue weighted by Gasteiger charge is -1.80. The van der Waals surface area contributed by atoms with Crippen LogP contribution in [0.15, 0.2) is 45.6 Å². The summed E-state index contributed by atoms with van der Waals surface area (Å²) >= 11 is 0. The maximum atomic E-state index is 10.2. The quantitative estimate of drug-likeness (QED) is 0.780. The number of hydrogen-bond donors (Lipinski definition) is 2. The molecule has 0 atom stereocenters. The Labute approximate surface area is 90.8 Å². The molecule has 0 radical (unpaired) electrons. The molecule has 0 saturated heterocycles.